The molecule has 0 aliphatic heterocycles. The fourth-order valence-electron chi connectivity index (χ4n) is 2.61. The first-order valence-corrected chi connectivity index (χ1v) is 9.51. The predicted octanol–water partition coefficient (Wildman–Crippen LogP) is 5.52. The maximum absolute atomic E-state index is 12.8. The molecule has 1 aromatic carbocycles. The van der Waals surface area contributed by atoms with E-state index in [-0.39, 0.29) is 5.91 Å². The van der Waals surface area contributed by atoms with Gasteiger partial charge >= 0.3 is 0 Å². The Labute approximate surface area is 168 Å². The summed E-state index contributed by atoms with van der Waals surface area (Å²) in [6, 6.07) is 10.5. The molecule has 0 saturated heterocycles. The second kappa shape index (κ2) is 8.19. The van der Waals surface area contributed by atoms with E-state index in [4.69, 9.17) is 27.6 Å². The number of carbonyl (C=O) groups is 1. The standard InChI is InChI=1S/C20H21Cl2N3O2/c1-12(2)8-9-23-20(26)18-11-17(19-7-4-13(3)27-19)24-25(18)14-5-6-15(21)16(22)10-14/h4-7,10-12H,8-9H2,1-3H3,(H,23,26). The van der Waals surface area contributed by atoms with Gasteiger partial charge in [-0.2, -0.15) is 5.10 Å². The average Bonchev–Trinajstić information content (AvgIpc) is 3.23. The first-order valence-electron chi connectivity index (χ1n) is 8.75. The lowest BCUT2D eigenvalue weighted by Gasteiger charge is -2.10. The zero-order valence-electron chi connectivity index (χ0n) is 15.4. The summed E-state index contributed by atoms with van der Waals surface area (Å²) in [5, 5.41) is 8.34. The van der Waals surface area contributed by atoms with Crippen LogP contribution in [0.4, 0.5) is 0 Å². The Balaban J connectivity index is 1.99. The summed E-state index contributed by atoms with van der Waals surface area (Å²) in [6.45, 7) is 6.68. The van der Waals surface area contributed by atoms with Crippen LogP contribution in [0.2, 0.25) is 10.0 Å². The molecule has 0 fully saturated rings. The number of aromatic nitrogens is 2. The van der Waals surface area contributed by atoms with Crippen LogP contribution in [0, 0.1) is 12.8 Å². The van der Waals surface area contributed by atoms with Crippen LogP contribution in [-0.2, 0) is 0 Å². The van der Waals surface area contributed by atoms with Crippen molar-refractivity contribution in [2.75, 3.05) is 6.54 Å². The lowest BCUT2D eigenvalue weighted by molar-refractivity contribution is 0.0944. The van der Waals surface area contributed by atoms with Gasteiger partial charge in [0.05, 0.1) is 15.7 Å². The van der Waals surface area contributed by atoms with E-state index < -0.39 is 0 Å². The second-order valence-corrected chi connectivity index (χ2v) is 7.59. The minimum atomic E-state index is -0.205. The van der Waals surface area contributed by atoms with Crippen molar-refractivity contribution in [1.82, 2.24) is 15.1 Å². The Morgan fingerprint density at radius 1 is 1.19 bits per heavy atom. The van der Waals surface area contributed by atoms with Crippen molar-refractivity contribution in [3.05, 3.63) is 57.9 Å². The van der Waals surface area contributed by atoms with Crippen LogP contribution in [0.1, 0.15) is 36.5 Å². The molecule has 2 heterocycles. The van der Waals surface area contributed by atoms with Gasteiger partial charge in [-0.1, -0.05) is 37.0 Å². The molecule has 142 valence electrons. The van der Waals surface area contributed by atoms with Crippen molar-refractivity contribution in [2.45, 2.75) is 27.2 Å². The predicted molar refractivity (Wildman–Crippen MR) is 108 cm³/mol. The van der Waals surface area contributed by atoms with Gasteiger partial charge in [0.1, 0.15) is 17.1 Å². The summed E-state index contributed by atoms with van der Waals surface area (Å²) in [5.41, 5.74) is 1.62. The Hall–Kier alpha value is -2.24. The molecule has 3 rings (SSSR count). The highest BCUT2D eigenvalue weighted by Crippen LogP contribution is 2.27. The number of carbonyl (C=O) groups excluding carboxylic acids is 1. The maximum atomic E-state index is 12.8. The van der Waals surface area contributed by atoms with E-state index in [1.165, 1.54) is 0 Å². The minimum Gasteiger partial charge on any atom is -0.460 e. The summed E-state index contributed by atoms with van der Waals surface area (Å²) in [7, 11) is 0. The third kappa shape index (κ3) is 4.54. The van der Waals surface area contributed by atoms with Crippen LogP contribution in [0.25, 0.3) is 17.1 Å². The Morgan fingerprint density at radius 3 is 2.59 bits per heavy atom. The average molecular weight is 406 g/mol. The summed E-state index contributed by atoms with van der Waals surface area (Å²) < 4.78 is 7.21. The van der Waals surface area contributed by atoms with Gasteiger partial charge in [-0.15, -0.1) is 0 Å². The zero-order valence-corrected chi connectivity index (χ0v) is 16.9. The largest absolute Gasteiger partial charge is 0.460 e. The summed E-state index contributed by atoms with van der Waals surface area (Å²) in [5.74, 6) is 1.68. The normalized spacial score (nSPS) is 11.2. The molecule has 0 aliphatic carbocycles. The van der Waals surface area contributed by atoms with Gasteiger partial charge in [0, 0.05) is 12.6 Å². The highest BCUT2D eigenvalue weighted by molar-refractivity contribution is 6.42. The first kappa shape index (κ1) is 19.5. The number of aryl methyl sites for hydroxylation is 1. The quantitative estimate of drug-likeness (QED) is 0.586. The van der Waals surface area contributed by atoms with E-state index >= 15 is 0 Å². The number of rotatable bonds is 6. The number of nitrogens with zero attached hydrogens (tertiary/aromatic N) is 2. The van der Waals surface area contributed by atoms with Crippen molar-refractivity contribution in [2.24, 2.45) is 5.92 Å². The third-order valence-electron chi connectivity index (χ3n) is 4.09. The first-order chi connectivity index (χ1) is 12.8. The molecule has 0 bridgehead atoms. The smallest absolute Gasteiger partial charge is 0.270 e. The molecule has 5 nitrogen and oxygen atoms in total. The molecule has 0 saturated carbocycles. The molecule has 0 radical (unpaired) electrons. The number of amides is 1. The summed E-state index contributed by atoms with van der Waals surface area (Å²) >= 11 is 12.2. The summed E-state index contributed by atoms with van der Waals surface area (Å²) in [4.78, 5) is 12.8. The lowest BCUT2D eigenvalue weighted by atomic mass is 10.1. The topological polar surface area (TPSA) is 60.1 Å². The number of hydrogen-bond acceptors (Lipinski definition) is 3. The van der Waals surface area contributed by atoms with Gasteiger partial charge in [-0.25, -0.2) is 4.68 Å². The molecule has 7 heteroatoms. The van der Waals surface area contributed by atoms with E-state index in [1.807, 2.05) is 19.1 Å². The van der Waals surface area contributed by atoms with E-state index in [0.717, 1.165) is 12.2 Å². The number of nitrogens with one attached hydrogen (secondary N) is 1. The molecule has 0 unspecified atom stereocenters. The molecule has 0 aliphatic rings. The number of halogens is 2. The molecule has 27 heavy (non-hydrogen) atoms. The number of benzene rings is 1. The second-order valence-electron chi connectivity index (χ2n) is 6.77. The molecule has 2 aromatic heterocycles. The molecule has 3 aromatic rings. The van der Waals surface area contributed by atoms with Crippen LogP contribution < -0.4 is 5.32 Å². The molecule has 0 atom stereocenters. The number of furan rings is 1. The van der Waals surface area contributed by atoms with Crippen LogP contribution in [0.5, 0.6) is 0 Å². The zero-order chi connectivity index (χ0) is 19.6. The van der Waals surface area contributed by atoms with Gasteiger partial charge in [0.25, 0.3) is 5.91 Å². The van der Waals surface area contributed by atoms with Crippen molar-refractivity contribution < 1.29 is 9.21 Å². The fourth-order valence-corrected chi connectivity index (χ4v) is 2.91. The van der Waals surface area contributed by atoms with Gasteiger partial charge in [-0.3, -0.25) is 4.79 Å². The van der Waals surface area contributed by atoms with Gasteiger partial charge < -0.3 is 9.73 Å². The van der Waals surface area contributed by atoms with E-state index in [9.17, 15) is 4.79 Å². The Kier molecular flexibility index (Phi) is 5.92. The van der Waals surface area contributed by atoms with E-state index in [2.05, 4.69) is 24.3 Å². The van der Waals surface area contributed by atoms with Gasteiger partial charge in [0.2, 0.25) is 0 Å². The van der Waals surface area contributed by atoms with Crippen molar-refractivity contribution in [1.29, 1.82) is 0 Å². The third-order valence-corrected chi connectivity index (χ3v) is 4.83. The van der Waals surface area contributed by atoms with Gasteiger partial charge in [0.15, 0.2) is 5.76 Å². The maximum Gasteiger partial charge on any atom is 0.270 e. The highest BCUT2D eigenvalue weighted by Gasteiger charge is 2.19. The molecular formula is C20H21Cl2N3O2. The summed E-state index contributed by atoms with van der Waals surface area (Å²) in [6.07, 6.45) is 0.900. The number of hydrogen-bond donors (Lipinski definition) is 1. The van der Waals surface area contributed by atoms with Gasteiger partial charge in [-0.05, 0) is 49.6 Å². The molecule has 0 spiro atoms. The van der Waals surface area contributed by atoms with Crippen LogP contribution in [-0.4, -0.2) is 22.2 Å². The minimum absolute atomic E-state index is 0.205. The monoisotopic (exact) mass is 405 g/mol. The Morgan fingerprint density at radius 2 is 1.96 bits per heavy atom. The molecule has 1 N–H and O–H groups in total. The highest BCUT2D eigenvalue weighted by atomic mass is 35.5. The van der Waals surface area contributed by atoms with Crippen LogP contribution >= 0.6 is 23.2 Å². The molecule has 1 amide bonds. The fraction of sp³-hybridized carbons (Fsp3) is 0.300. The van der Waals surface area contributed by atoms with Crippen molar-refractivity contribution in [3.8, 4) is 17.1 Å². The molecular weight excluding hydrogens is 385 g/mol. The van der Waals surface area contributed by atoms with Crippen molar-refractivity contribution >= 4 is 29.1 Å². The Bertz CT molecular complexity index is 960. The van der Waals surface area contributed by atoms with E-state index in [1.54, 1.807) is 28.9 Å². The lowest BCUT2D eigenvalue weighted by Crippen LogP contribution is -2.27. The van der Waals surface area contributed by atoms with Crippen LogP contribution in [0.3, 0.4) is 0 Å². The van der Waals surface area contributed by atoms with Crippen molar-refractivity contribution in [3.63, 3.8) is 0 Å². The van der Waals surface area contributed by atoms with Crippen LogP contribution in [0.15, 0.2) is 40.8 Å². The van der Waals surface area contributed by atoms with E-state index in [0.29, 0.717) is 45.3 Å². The SMILES string of the molecule is Cc1ccc(-c2cc(C(=O)NCCC(C)C)n(-c3ccc(Cl)c(Cl)c3)n2)o1.